The van der Waals surface area contributed by atoms with E-state index in [9.17, 15) is 14.4 Å². The number of aromatic nitrogens is 2. The Morgan fingerprint density at radius 2 is 1.74 bits per heavy atom. The van der Waals surface area contributed by atoms with Crippen LogP contribution in [-0.2, 0) is 21.5 Å². The fraction of sp³-hybridized carbons (Fsp3) is 0.429. The van der Waals surface area contributed by atoms with Gasteiger partial charge in [0.1, 0.15) is 12.3 Å². The molecule has 0 radical (unpaired) electrons. The van der Waals surface area contributed by atoms with Crippen LogP contribution in [0.4, 0.5) is 0 Å². The van der Waals surface area contributed by atoms with E-state index in [0.717, 1.165) is 11.3 Å². The third kappa shape index (κ3) is 3.70. The van der Waals surface area contributed by atoms with Gasteiger partial charge in [-0.25, -0.2) is 4.79 Å². The number of amides is 1. The van der Waals surface area contributed by atoms with Gasteiger partial charge in [0.2, 0.25) is 5.91 Å². The monoisotopic (exact) mass is 367 g/mol. The lowest BCUT2D eigenvalue weighted by atomic mass is 9.70. The number of aryl methyl sites for hydroxylation is 2. The molecule has 0 unspecified atom stereocenters. The second-order valence-electron chi connectivity index (χ2n) is 7.29. The molecule has 142 valence electrons. The molecule has 1 amide bonds. The van der Waals surface area contributed by atoms with Crippen LogP contribution in [0, 0.1) is 13.8 Å². The number of carbonyl (C=O) groups is 2. The molecule has 0 spiro atoms. The Labute approximate surface area is 158 Å². The van der Waals surface area contributed by atoms with Crippen molar-refractivity contribution in [2.24, 2.45) is 0 Å². The molecular weight excluding hydrogens is 342 g/mol. The maximum absolute atomic E-state index is 12.7. The topological polar surface area (TPSA) is 72.3 Å². The minimum absolute atomic E-state index is 0.0175. The molecule has 1 fully saturated rings. The largest absolute Gasteiger partial charge is 0.348 e. The first-order valence-electron chi connectivity index (χ1n) is 9.23. The van der Waals surface area contributed by atoms with Crippen LogP contribution < -0.4 is 5.69 Å². The number of benzene rings is 1. The molecule has 6 nitrogen and oxygen atoms in total. The Morgan fingerprint density at radius 3 is 2.30 bits per heavy atom. The number of nitrogens with zero attached hydrogens (tertiary/aromatic N) is 3. The van der Waals surface area contributed by atoms with Crippen molar-refractivity contribution in [2.75, 3.05) is 13.1 Å². The minimum atomic E-state index is -0.532. The Balaban J connectivity index is 1.74. The van der Waals surface area contributed by atoms with Crippen LogP contribution >= 0.6 is 0 Å². The summed E-state index contributed by atoms with van der Waals surface area (Å²) in [5.41, 5.74) is 1.45. The van der Waals surface area contributed by atoms with Crippen molar-refractivity contribution >= 4 is 11.7 Å². The lowest BCUT2D eigenvalue weighted by molar-refractivity contribution is -0.136. The van der Waals surface area contributed by atoms with Crippen LogP contribution in [0.25, 0.3) is 0 Å². The minimum Gasteiger partial charge on any atom is -0.341 e. The molecule has 27 heavy (non-hydrogen) atoms. The summed E-state index contributed by atoms with van der Waals surface area (Å²) >= 11 is 0. The molecule has 1 aliphatic rings. The summed E-state index contributed by atoms with van der Waals surface area (Å²) in [5.74, 6) is 0.0201. The summed E-state index contributed by atoms with van der Waals surface area (Å²) in [5, 5.41) is 0. The van der Waals surface area contributed by atoms with E-state index >= 15 is 0 Å². The highest BCUT2D eigenvalue weighted by atomic mass is 16.2. The number of hydrogen-bond acceptors (Lipinski definition) is 4. The Morgan fingerprint density at radius 1 is 1.11 bits per heavy atom. The smallest absolute Gasteiger partial charge is 0.341 e. The molecule has 2 aromatic rings. The highest BCUT2D eigenvalue weighted by Crippen LogP contribution is 2.36. The van der Waals surface area contributed by atoms with Crippen LogP contribution in [-0.4, -0.2) is 39.2 Å². The third-order valence-corrected chi connectivity index (χ3v) is 5.61. The molecule has 0 bridgehead atoms. The molecule has 0 N–H and O–H groups in total. The van der Waals surface area contributed by atoms with Crippen molar-refractivity contribution in [1.29, 1.82) is 0 Å². The van der Waals surface area contributed by atoms with E-state index in [1.54, 1.807) is 31.7 Å². The summed E-state index contributed by atoms with van der Waals surface area (Å²) in [6.07, 6.45) is 1.19. The molecule has 3 rings (SSSR count). The quantitative estimate of drug-likeness (QED) is 0.829. The fourth-order valence-electron chi connectivity index (χ4n) is 3.94. The van der Waals surface area contributed by atoms with Gasteiger partial charge in [-0.3, -0.25) is 14.2 Å². The Kier molecular flexibility index (Phi) is 5.26. The molecule has 1 aromatic carbocycles. The van der Waals surface area contributed by atoms with Gasteiger partial charge in [0.25, 0.3) is 0 Å². The van der Waals surface area contributed by atoms with Crippen molar-refractivity contribution in [1.82, 2.24) is 14.5 Å². The maximum atomic E-state index is 12.7. The lowest BCUT2D eigenvalue weighted by Gasteiger charge is -2.40. The van der Waals surface area contributed by atoms with Crippen LogP contribution in [0.3, 0.4) is 0 Å². The Bertz CT molecular complexity index is 910. The fourth-order valence-corrected chi connectivity index (χ4v) is 3.94. The lowest BCUT2D eigenvalue weighted by Crippen LogP contribution is -2.49. The third-order valence-electron chi connectivity index (χ3n) is 5.61. The predicted octanol–water partition coefficient (Wildman–Crippen LogP) is 2.01. The van der Waals surface area contributed by atoms with E-state index in [2.05, 4.69) is 4.98 Å². The van der Waals surface area contributed by atoms with Gasteiger partial charge in [-0.05, 0) is 45.2 Å². The summed E-state index contributed by atoms with van der Waals surface area (Å²) < 4.78 is 1.40. The van der Waals surface area contributed by atoms with Gasteiger partial charge in [0, 0.05) is 24.5 Å². The van der Waals surface area contributed by atoms with E-state index < -0.39 is 11.1 Å². The van der Waals surface area contributed by atoms with Crippen LogP contribution in [0.2, 0.25) is 0 Å². The van der Waals surface area contributed by atoms with Gasteiger partial charge >= 0.3 is 5.69 Å². The molecular formula is C21H25N3O3. The standard InChI is InChI=1S/C21H25N3O3/c1-15-13-16(2)24(20(27)22-15)14-19(26)23-11-9-21(10-12-23,17(3)25)18-7-5-4-6-8-18/h4-8,13H,9-12,14H2,1-3H3. The second-order valence-corrected chi connectivity index (χ2v) is 7.29. The molecule has 2 heterocycles. The second kappa shape index (κ2) is 7.47. The first-order chi connectivity index (χ1) is 12.8. The molecule has 0 saturated carbocycles. The molecule has 1 aromatic heterocycles. The zero-order valence-corrected chi connectivity index (χ0v) is 16.1. The zero-order chi connectivity index (χ0) is 19.6. The summed E-state index contributed by atoms with van der Waals surface area (Å²) in [4.78, 5) is 42.9. The molecule has 0 aliphatic carbocycles. The van der Waals surface area contributed by atoms with Crippen molar-refractivity contribution < 1.29 is 9.59 Å². The van der Waals surface area contributed by atoms with Crippen LogP contribution in [0.15, 0.2) is 41.2 Å². The number of likely N-dealkylation sites (tertiary alicyclic amines) is 1. The molecule has 1 aliphatic heterocycles. The van der Waals surface area contributed by atoms with Crippen LogP contribution in [0.5, 0.6) is 0 Å². The summed E-state index contributed by atoms with van der Waals surface area (Å²) in [7, 11) is 0. The normalized spacial score (nSPS) is 16.2. The first-order valence-corrected chi connectivity index (χ1v) is 9.23. The average Bonchev–Trinajstić information content (AvgIpc) is 2.65. The maximum Gasteiger partial charge on any atom is 0.348 e. The Hall–Kier alpha value is -2.76. The van der Waals surface area contributed by atoms with Crippen molar-refractivity contribution in [3.05, 3.63) is 63.8 Å². The van der Waals surface area contributed by atoms with Gasteiger partial charge in [0.15, 0.2) is 0 Å². The van der Waals surface area contributed by atoms with E-state index in [1.807, 2.05) is 30.3 Å². The number of carbonyl (C=O) groups excluding carboxylic acids is 2. The summed E-state index contributed by atoms with van der Waals surface area (Å²) in [6, 6.07) is 11.6. The zero-order valence-electron chi connectivity index (χ0n) is 16.1. The van der Waals surface area contributed by atoms with Gasteiger partial charge in [0.05, 0.1) is 5.41 Å². The predicted molar refractivity (Wildman–Crippen MR) is 103 cm³/mol. The number of piperidine rings is 1. The van der Waals surface area contributed by atoms with Crippen LogP contribution in [0.1, 0.15) is 36.7 Å². The van der Waals surface area contributed by atoms with Crippen molar-refractivity contribution in [3.63, 3.8) is 0 Å². The highest BCUT2D eigenvalue weighted by molar-refractivity contribution is 5.88. The molecule has 0 atom stereocenters. The van der Waals surface area contributed by atoms with Gasteiger partial charge in [-0.15, -0.1) is 0 Å². The van der Waals surface area contributed by atoms with Gasteiger partial charge in [-0.1, -0.05) is 30.3 Å². The number of Topliss-reactive ketones (excluding diaryl/α,β-unsaturated/α-hetero) is 1. The van der Waals surface area contributed by atoms with Crippen molar-refractivity contribution in [2.45, 2.75) is 45.6 Å². The van der Waals surface area contributed by atoms with E-state index in [-0.39, 0.29) is 18.2 Å². The number of ketones is 1. The number of hydrogen-bond donors (Lipinski definition) is 0. The molecule has 6 heteroatoms. The average molecular weight is 367 g/mol. The van der Waals surface area contributed by atoms with Crippen molar-refractivity contribution in [3.8, 4) is 0 Å². The summed E-state index contributed by atoms with van der Waals surface area (Å²) in [6.45, 7) is 6.17. The number of rotatable bonds is 4. The van der Waals surface area contributed by atoms with E-state index in [4.69, 9.17) is 0 Å². The first kappa shape index (κ1) is 19.0. The van der Waals surface area contributed by atoms with E-state index in [0.29, 0.717) is 31.6 Å². The molecule has 1 saturated heterocycles. The highest BCUT2D eigenvalue weighted by Gasteiger charge is 2.41. The van der Waals surface area contributed by atoms with E-state index in [1.165, 1.54) is 4.57 Å². The SMILES string of the molecule is CC(=O)C1(c2ccccc2)CCN(C(=O)Cn2c(C)cc(C)nc2=O)CC1. The van der Waals surface area contributed by atoms with Gasteiger partial charge < -0.3 is 4.90 Å². The van der Waals surface area contributed by atoms with Gasteiger partial charge in [-0.2, -0.15) is 4.98 Å².